The molecule has 6 heteroatoms. The lowest BCUT2D eigenvalue weighted by atomic mass is 10.3. The molecule has 0 radical (unpaired) electrons. The third-order valence-corrected chi connectivity index (χ3v) is 3.88. The molecule has 88 valence electrons. The highest BCUT2D eigenvalue weighted by atomic mass is 35.5. The highest BCUT2D eigenvalue weighted by molar-refractivity contribution is 7.22. The van der Waals surface area contributed by atoms with E-state index in [-0.39, 0.29) is 12.3 Å². The molecule has 0 spiro atoms. The number of benzene rings is 1. The highest BCUT2D eigenvalue weighted by Crippen LogP contribution is 2.30. The Balaban J connectivity index is 2.03. The molecule has 0 saturated carbocycles. The standard InChI is InChI=1S/C11H9ClN2O2S/c12-11-13-8-2-1-6(3-9(8)17-11)14-5-7(15)4-10(14)16/h1-3,7,15H,4-5H2. The van der Waals surface area contributed by atoms with Crippen LogP contribution in [0.1, 0.15) is 6.42 Å². The third-order valence-electron chi connectivity index (χ3n) is 2.76. The van der Waals surface area contributed by atoms with Crippen LogP contribution < -0.4 is 4.90 Å². The minimum atomic E-state index is -0.566. The van der Waals surface area contributed by atoms with Crippen LogP contribution in [0.4, 0.5) is 5.69 Å². The number of carbonyl (C=O) groups excluding carboxylic acids is 1. The fourth-order valence-electron chi connectivity index (χ4n) is 1.99. The molecule has 1 aromatic carbocycles. The number of fused-ring (bicyclic) bond motifs is 1. The predicted octanol–water partition coefficient (Wildman–Crippen LogP) is 2.05. The van der Waals surface area contributed by atoms with Gasteiger partial charge in [0.2, 0.25) is 5.91 Å². The van der Waals surface area contributed by atoms with Gasteiger partial charge in [0.05, 0.1) is 29.3 Å². The van der Waals surface area contributed by atoms with E-state index in [0.717, 1.165) is 15.9 Å². The maximum absolute atomic E-state index is 11.7. The van der Waals surface area contributed by atoms with E-state index in [9.17, 15) is 9.90 Å². The number of nitrogens with zero attached hydrogens (tertiary/aromatic N) is 2. The van der Waals surface area contributed by atoms with Gasteiger partial charge >= 0.3 is 0 Å². The number of aliphatic hydroxyl groups is 1. The molecule has 2 aromatic rings. The Labute approximate surface area is 106 Å². The SMILES string of the molecule is O=C1CC(O)CN1c1ccc2nc(Cl)sc2c1. The van der Waals surface area contributed by atoms with E-state index < -0.39 is 6.10 Å². The largest absolute Gasteiger partial charge is 0.391 e. The van der Waals surface area contributed by atoms with Crippen molar-refractivity contribution in [2.75, 3.05) is 11.4 Å². The smallest absolute Gasteiger partial charge is 0.229 e. The Hall–Kier alpha value is -1.17. The molecule has 17 heavy (non-hydrogen) atoms. The fourth-order valence-corrected chi connectivity index (χ4v) is 3.06. The van der Waals surface area contributed by atoms with Crippen LogP contribution in [0.2, 0.25) is 4.47 Å². The molecule has 4 nitrogen and oxygen atoms in total. The molecule has 1 saturated heterocycles. The van der Waals surface area contributed by atoms with E-state index in [2.05, 4.69) is 4.98 Å². The van der Waals surface area contributed by atoms with Gasteiger partial charge in [-0.25, -0.2) is 4.98 Å². The fraction of sp³-hybridized carbons (Fsp3) is 0.273. The predicted molar refractivity (Wildman–Crippen MR) is 67.6 cm³/mol. The number of rotatable bonds is 1. The lowest BCUT2D eigenvalue weighted by Crippen LogP contribution is -2.24. The average Bonchev–Trinajstić information content (AvgIpc) is 2.78. The lowest BCUT2D eigenvalue weighted by Gasteiger charge is -2.15. The maximum Gasteiger partial charge on any atom is 0.229 e. The lowest BCUT2D eigenvalue weighted by molar-refractivity contribution is -0.117. The molecule has 2 heterocycles. The molecule has 1 N–H and O–H groups in total. The van der Waals surface area contributed by atoms with Crippen molar-refractivity contribution in [3.8, 4) is 0 Å². The number of thiazole rings is 1. The third kappa shape index (κ3) is 1.90. The second kappa shape index (κ2) is 3.94. The molecule has 1 atom stereocenters. The zero-order valence-corrected chi connectivity index (χ0v) is 10.3. The van der Waals surface area contributed by atoms with E-state index in [4.69, 9.17) is 11.6 Å². The summed E-state index contributed by atoms with van der Waals surface area (Å²) in [5.74, 6) is -0.0486. The van der Waals surface area contributed by atoms with Crippen molar-refractivity contribution in [3.63, 3.8) is 0 Å². The van der Waals surface area contributed by atoms with Crippen LogP contribution >= 0.6 is 22.9 Å². The van der Waals surface area contributed by atoms with Crippen molar-refractivity contribution in [1.82, 2.24) is 4.98 Å². The van der Waals surface area contributed by atoms with Crippen molar-refractivity contribution in [3.05, 3.63) is 22.7 Å². The van der Waals surface area contributed by atoms with Gasteiger partial charge in [-0.3, -0.25) is 4.79 Å². The zero-order valence-electron chi connectivity index (χ0n) is 8.76. The van der Waals surface area contributed by atoms with Gasteiger partial charge in [0, 0.05) is 5.69 Å². The summed E-state index contributed by atoms with van der Waals surface area (Å²) in [6, 6.07) is 5.55. The first-order valence-corrected chi connectivity index (χ1v) is 6.37. The van der Waals surface area contributed by atoms with Gasteiger partial charge < -0.3 is 10.0 Å². The first-order chi connectivity index (χ1) is 8.13. The molecule has 1 fully saturated rings. The van der Waals surface area contributed by atoms with Crippen LogP contribution in [0.3, 0.4) is 0 Å². The summed E-state index contributed by atoms with van der Waals surface area (Å²) in [5.41, 5.74) is 1.62. The second-order valence-electron chi connectivity index (χ2n) is 3.98. The van der Waals surface area contributed by atoms with Gasteiger partial charge in [-0.15, -0.1) is 11.3 Å². The minimum Gasteiger partial charge on any atom is -0.391 e. The van der Waals surface area contributed by atoms with Crippen molar-refractivity contribution in [2.45, 2.75) is 12.5 Å². The molecule has 0 aliphatic carbocycles. The van der Waals surface area contributed by atoms with Gasteiger partial charge in [0.1, 0.15) is 0 Å². The van der Waals surface area contributed by atoms with Crippen LogP contribution in [0.15, 0.2) is 18.2 Å². The number of β-amino-alcohol motifs (C(OH)–C–C–N with tert-alkyl or cyclic N) is 1. The van der Waals surface area contributed by atoms with Crippen molar-refractivity contribution in [1.29, 1.82) is 0 Å². The molecular formula is C11H9ClN2O2S. The van der Waals surface area contributed by atoms with Gasteiger partial charge in [-0.2, -0.15) is 0 Å². The first-order valence-electron chi connectivity index (χ1n) is 5.18. The number of carbonyl (C=O) groups is 1. The normalized spacial score (nSPS) is 20.5. The summed E-state index contributed by atoms with van der Waals surface area (Å²) in [4.78, 5) is 17.4. The Morgan fingerprint density at radius 1 is 1.53 bits per heavy atom. The molecule has 1 unspecified atom stereocenters. The monoisotopic (exact) mass is 268 g/mol. The summed E-state index contributed by atoms with van der Waals surface area (Å²) in [6.07, 6.45) is -0.371. The first kappa shape index (κ1) is 11.0. The number of hydrogen-bond acceptors (Lipinski definition) is 4. The van der Waals surface area contributed by atoms with Crippen molar-refractivity contribution in [2.24, 2.45) is 0 Å². The van der Waals surface area contributed by atoms with Crippen LogP contribution in [-0.2, 0) is 4.79 Å². The van der Waals surface area contributed by atoms with Crippen LogP contribution in [0, 0.1) is 0 Å². The van der Waals surface area contributed by atoms with E-state index in [0.29, 0.717) is 11.0 Å². The Bertz CT molecular complexity index is 598. The molecule has 0 bridgehead atoms. The number of anilines is 1. The Kier molecular flexibility index (Phi) is 2.54. The van der Waals surface area contributed by atoms with Crippen LogP contribution in [-0.4, -0.2) is 28.6 Å². The molecule has 3 rings (SSSR count). The van der Waals surface area contributed by atoms with Gasteiger partial charge in [-0.05, 0) is 18.2 Å². The molecule has 1 aromatic heterocycles. The number of amides is 1. The number of aromatic nitrogens is 1. The summed E-state index contributed by atoms with van der Waals surface area (Å²) < 4.78 is 1.44. The number of halogens is 1. The zero-order chi connectivity index (χ0) is 12.0. The highest BCUT2D eigenvalue weighted by Gasteiger charge is 2.29. The second-order valence-corrected chi connectivity index (χ2v) is 5.59. The molecular weight excluding hydrogens is 260 g/mol. The summed E-state index contributed by atoms with van der Waals surface area (Å²) in [6.45, 7) is 0.358. The molecule has 1 amide bonds. The van der Waals surface area contributed by atoms with Crippen LogP contribution in [0.5, 0.6) is 0 Å². The topological polar surface area (TPSA) is 53.4 Å². The van der Waals surface area contributed by atoms with Gasteiger partial charge in [-0.1, -0.05) is 11.6 Å². The maximum atomic E-state index is 11.7. The van der Waals surface area contributed by atoms with E-state index in [1.807, 2.05) is 18.2 Å². The molecule has 1 aliphatic heterocycles. The van der Waals surface area contributed by atoms with Crippen molar-refractivity contribution >= 4 is 44.7 Å². The van der Waals surface area contributed by atoms with Gasteiger partial charge in [0.15, 0.2) is 4.47 Å². The molecule has 1 aliphatic rings. The van der Waals surface area contributed by atoms with Gasteiger partial charge in [0.25, 0.3) is 0 Å². The average molecular weight is 269 g/mol. The van der Waals surface area contributed by atoms with Crippen LogP contribution in [0.25, 0.3) is 10.2 Å². The summed E-state index contributed by atoms with van der Waals surface area (Å²) in [5, 5.41) is 9.46. The van der Waals surface area contributed by atoms with E-state index in [1.165, 1.54) is 11.3 Å². The number of aliphatic hydroxyl groups excluding tert-OH is 1. The quantitative estimate of drug-likeness (QED) is 0.861. The summed E-state index contributed by atoms with van der Waals surface area (Å²) in [7, 11) is 0. The Morgan fingerprint density at radius 2 is 2.35 bits per heavy atom. The Morgan fingerprint density at radius 3 is 3.06 bits per heavy atom. The number of hydrogen-bond donors (Lipinski definition) is 1. The van der Waals surface area contributed by atoms with E-state index >= 15 is 0 Å². The van der Waals surface area contributed by atoms with Crippen molar-refractivity contribution < 1.29 is 9.90 Å². The van der Waals surface area contributed by atoms with E-state index in [1.54, 1.807) is 4.90 Å². The minimum absolute atomic E-state index is 0.0486. The summed E-state index contributed by atoms with van der Waals surface area (Å²) >= 11 is 7.21.